The van der Waals surface area contributed by atoms with E-state index in [4.69, 9.17) is 9.47 Å². The van der Waals surface area contributed by atoms with Crippen molar-refractivity contribution in [2.45, 2.75) is 37.7 Å². The van der Waals surface area contributed by atoms with Gasteiger partial charge in [-0.25, -0.2) is 0 Å². The fraction of sp³-hybridized carbons (Fsp3) is 0.889. The van der Waals surface area contributed by atoms with Crippen molar-refractivity contribution < 1.29 is 9.47 Å². The Morgan fingerprint density at radius 1 is 1.09 bits per heavy atom. The second-order valence-electron chi connectivity index (χ2n) is 3.47. The highest BCUT2D eigenvalue weighted by molar-refractivity contribution is 4.87. The minimum atomic E-state index is 0.177. The Hall–Kier alpha value is -0.0800. The van der Waals surface area contributed by atoms with Crippen LogP contribution in [0.1, 0.15) is 32.1 Å². The van der Waals surface area contributed by atoms with E-state index >= 15 is 0 Å². The standard InChI is InChI=1S/C9H15O2/c1-2-6-11-9(3-1)4-7-10-8-5-9/h6H,1-5,7-8H2. The minimum Gasteiger partial charge on any atom is -0.381 e. The van der Waals surface area contributed by atoms with E-state index in [2.05, 4.69) is 0 Å². The first-order chi connectivity index (χ1) is 5.41. The van der Waals surface area contributed by atoms with Gasteiger partial charge in [-0.15, -0.1) is 0 Å². The zero-order valence-electron chi connectivity index (χ0n) is 6.84. The summed E-state index contributed by atoms with van der Waals surface area (Å²) in [6.45, 7) is 3.75. The molecule has 0 saturated carbocycles. The van der Waals surface area contributed by atoms with Crippen molar-refractivity contribution >= 4 is 0 Å². The van der Waals surface area contributed by atoms with E-state index in [9.17, 15) is 0 Å². The van der Waals surface area contributed by atoms with Gasteiger partial charge in [0.2, 0.25) is 0 Å². The summed E-state index contributed by atoms with van der Waals surface area (Å²) in [5, 5.41) is 0. The first kappa shape index (κ1) is 7.56. The van der Waals surface area contributed by atoms with Crippen LogP contribution in [0, 0.1) is 6.61 Å². The lowest BCUT2D eigenvalue weighted by Crippen LogP contribution is -2.40. The molecule has 2 aliphatic heterocycles. The van der Waals surface area contributed by atoms with Crippen LogP contribution >= 0.6 is 0 Å². The molecule has 0 amide bonds. The maximum atomic E-state index is 5.70. The van der Waals surface area contributed by atoms with Gasteiger partial charge in [0.1, 0.15) is 0 Å². The maximum absolute atomic E-state index is 5.70. The molecule has 2 heteroatoms. The summed E-state index contributed by atoms with van der Waals surface area (Å²) < 4.78 is 11.0. The van der Waals surface area contributed by atoms with Gasteiger partial charge in [0.05, 0.1) is 12.2 Å². The van der Waals surface area contributed by atoms with E-state index in [1.54, 1.807) is 0 Å². The molecule has 1 radical (unpaired) electrons. The molecule has 11 heavy (non-hydrogen) atoms. The van der Waals surface area contributed by atoms with E-state index in [1.807, 2.05) is 6.61 Å². The van der Waals surface area contributed by atoms with Gasteiger partial charge < -0.3 is 9.47 Å². The number of rotatable bonds is 0. The molecule has 0 aliphatic carbocycles. The second-order valence-corrected chi connectivity index (χ2v) is 3.47. The summed E-state index contributed by atoms with van der Waals surface area (Å²) in [6.07, 6.45) is 5.82. The highest BCUT2D eigenvalue weighted by Gasteiger charge is 2.34. The fourth-order valence-electron chi connectivity index (χ4n) is 1.91. The van der Waals surface area contributed by atoms with Crippen LogP contribution in [0.25, 0.3) is 0 Å². The van der Waals surface area contributed by atoms with Crippen molar-refractivity contribution in [3.8, 4) is 0 Å². The zero-order valence-corrected chi connectivity index (χ0v) is 6.84. The van der Waals surface area contributed by atoms with Crippen LogP contribution in [0.15, 0.2) is 0 Å². The average molecular weight is 155 g/mol. The first-order valence-electron chi connectivity index (χ1n) is 4.49. The zero-order chi connectivity index (χ0) is 7.57. The molecule has 0 bridgehead atoms. The van der Waals surface area contributed by atoms with Gasteiger partial charge in [0, 0.05) is 13.2 Å². The number of hydrogen-bond donors (Lipinski definition) is 0. The van der Waals surface area contributed by atoms with Crippen molar-refractivity contribution in [3.05, 3.63) is 6.61 Å². The molecule has 2 fully saturated rings. The minimum absolute atomic E-state index is 0.177. The van der Waals surface area contributed by atoms with Crippen molar-refractivity contribution in [1.29, 1.82) is 0 Å². The molecule has 0 atom stereocenters. The van der Waals surface area contributed by atoms with Gasteiger partial charge in [-0.1, -0.05) is 0 Å². The monoisotopic (exact) mass is 155 g/mol. The van der Waals surface area contributed by atoms with Gasteiger partial charge in [-0.3, -0.25) is 0 Å². The van der Waals surface area contributed by atoms with E-state index in [1.165, 1.54) is 12.8 Å². The number of ether oxygens (including phenoxy) is 2. The first-order valence-corrected chi connectivity index (χ1v) is 4.49. The molecule has 63 valence electrons. The summed E-state index contributed by atoms with van der Waals surface area (Å²) in [6, 6.07) is 0. The average Bonchev–Trinajstić information content (AvgIpc) is 2.07. The Morgan fingerprint density at radius 3 is 2.55 bits per heavy atom. The largest absolute Gasteiger partial charge is 0.381 e. The summed E-state index contributed by atoms with van der Waals surface area (Å²) in [7, 11) is 0. The summed E-state index contributed by atoms with van der Waals surface area (Å²) in [5.41, 5.74) is 0.177. The van der Waals surface area contributed by atoms with E-state index in [0.29, 0.717) is 0 Å². The third-order valence-electron chi connectivity index (χ3n) is 2.69. The van der Waals surface area contributed by atoms with Crippen LogP contribution in [0.5, 0.6) is 0 Å². The Morgan fingerprint density at radius 2 is 1.91 bits per heavy atom. The predicted molar refractivity (Wildman–Crippen MR) is 42.0 cm³/mol. The van der Waals surface area contributed by atoms with Crippen molar-refractivity contribution in [2.24, 2.45) is 0 Å². The summed E-state index contributed by atoms with van der Waals surface area (Å²) >= 11 is 0. The molecule has 2 aliphatic rings. The third kappa shape index (κ3) is 1.57. The molecular formula is C9H15O2. The van der Waals surface area contributed by atoms with Crippen LogP contribution in [-0.4, -0.2) is 18.8 Å². The molecule has 2 heterocycles. The molecule has 0 N–H and O–H groups in total. The van der Waals surface area contributed by atoms with Crippen molar-refractivity contribution in [1.82, 2.24) is 0 Å². The van der Waals surface area contributed by atoms with Gasteiger partial charge in [-0.2, -0.15) is 0 Å². The SMILES string of the molecule is [CH]1CCCC2(CCOCC2)O1. The molecule has 2 nitrogen and oxygen atoms in total. The van der Waals surface area contributed by atoms with Crippen molar-refractivity contribution in [2.75, 3.05) is 13.2 Å². The smallest absolute Gasteiger partial charge is 0.0844 e. The van der Waals surface area contributed by atoms with Gasteiger partial charge in [0.15, 0.2) is 0 Å². The molecule has 0 aromatic heterocycles. The topological polar surface area (TPSA) is 18.5 Å². The lowest BCUT2D eigenvalue weighted by molar-refractivity contribution is -0.108. The van der Waals surface area contributed by atoms with Crippen LogP contribution < -0.4 is 0 Å². The van der Waals surface area contributed by atoms with Crippen LogP contribution in [0.4, 0.5) is 0 Å². The van der Waals surface area contributed by atoms with E-state index in [-0.39, 0.29) is 5.60 Å². The lowest BCUT2D eigenvalue weighted by Gasteiger charge is -2.39. The summed E-state index contributed by atoms with van der Waals surface area (Å²) in [4.78, 5) is 0. The lowest BCUT2D eigenvalue weighted by atomic mass is 9.87. The van der Waals surface area contributed by atoms with E-state index < -0.39 is 0 Å². The van der Waals surface area contributed by atoms with E-state index in [0.717, 1.165) is 32.5 Å². The normalized spacial score (nSPS) is 30.5. The third-order valence-corrected chi connectivity index (χ3v) is 2.69. The van der Waals surface area contributed by atoms with Gasteiger partial charge >= 0.3 is 0 Å². The Kier molecular flexibility index (Phi) is 2.14. The molecular weight excluding hydrogens is 140 g/mol. The summed E-state index contributed by atoms with van der Waals surface area (Å²) in [5.74, 6) is 0. The van der Waals surface area contributed by atoms with Gasteiger partial charge in [0.25, 0.3) is 0 Å². The maximum Gasteiger partial charge on any atom is 0.0844 e. The number of hydrogen-bond acceptors (Lipinski definition) is 2. The Balaban J connectivity index is 1.94. The Bertz CT molecular complexity index is 102. The molecule has 0 aromatic rings. The Labute approximate surface area is 67.9 Å². The predicted octanol–water partition coefficient (Wildman–Crippen LogP) is 1.90. The fourth-order valence-corrected chi connectivity index (χ4v) is 1.91. The van der Waals surface area contributed by atoms with Gasteiger partial charge in [-0.05, 0) is 32.1 Å². The molecule has 0 aromatic carbocycles. The second kappa shape index (κ2) is 3.11. The van der Waals surface area contributed by atoms with Crippen molar-refractivity contribution in [3.63, 3.8) is 0 Å². The molecule has 1 spiro atoms. The van der Waals surface area contributed by atoms with Crippen LogP contribution in [0.2, 0.25) is 0 Å². The highest BCUT2D eigenvalue weighted by Crippen LogP contribution is 2.35. The molecule has 2 saturated heterocycles. The highest BCUT2D eigenvalue weighted by atomic mass is 16.5. The quantitative estimate of drug-likeness (QED) is 0.532. The molecule has 0 unspecified atom stereocenters. The van der Waals surface area contributed by atoms with Crippen LogP contribution in [0.3, 0.4) is 0 Å². The van der Waals surface area contributed by atoms with Crippen LogP contribution in [-0.2, 0) is 9.47 Å². The molecule has 2 rings (SSSR count).